The van der Waals surface area contributed by atoms with Gasteiger partial charge >= 0.3 is 0 Å². The summed E-state index contributed by atoms with van der Waals surface area (Å²) in [5.41, 5.74) is 2.07. The van der Waals surface area contributed by atoms with E-state index in [-0.39, 0.29) is 28.1 Å². The Morgan fingerprint density at radius 1 is 1.00 bits per heavy atom. The van der Waals surface area contributed by atoms with E-state index < -0.39 is 10.0 Å². The van der Waals surface area contributed by atoms with Crippen LogP contribution in [0.15, 0.2) is 64.4 Å². The molecule has 1 aliphatic rings. The van der Waals surface area contributed by atoms with Crippen LogP contribution in [0.1, 0.15) is 30.7 Å². The van der Waals surface area contributed by atoms with Crippen molar-refractivity contribution in [2.75, 3.05) is 18.0 Å². The maximum absolute atomic E-state index is 13.0. The van der Waals surface area contributed by atoms with Gasteiger partial charge in [-0.1, -0.05) is 23.4 Å². The number of benzene rings is 2. The Labute approximate surface area is 225 Å². The minimum Gasteiger partial charge on any atom is -0.364 e. The van der Waals surface area contributed by atoms with Gasteiger partial charge in [0.1, 0.15) is 11.6 Å². The summed E-state index contributed by atoms with van der Waals surface area (Å²) in [5.74, 6) is 0. The lowest BCUT2D eigenvalue weighted by atomic mass is 10.0. The van der Waals surface area contributed by atoms with Crippen molar-refractivity contribution in [3.8, 4) is 12.1 Å². The molecule has 2 aromatic heterocycles. The third kappa shape index (κ3) is 4.54. The van der Waals surface area contributed by atoms with Crippen molar-refractivity contribution in [3.05, 3.63) is 81.9 Å². The van der Waals surface area contributed by atoms with E-state index in [1.807, 2.05) is 44.2 Å². The van der Waals surface area contributed by atoms with Crippen LogP contribution >= 0.6 is 0 Å². The summed E-state index contributed by atoms with van der Waals surface area (Å²) in [7, 11) is -2.27. The Morgan fingerprint density at radius 3 is 2.41 bits per heavy atom. The highest BCUT2D eigenvalue weighted by Gasteiger charge is 2.33. The van der Waals surface area contributed by atoms with E-state index in [1.54, 1.807) is 7.05 Å². The molecule has 2 aromatic carbocycles. The van der Waals surface area contributed by atoms with Crippen molar-refractivity contribution < 1.29 is 8.42 Å². The number of piperazine rings is 1. The quantitative estimate of drug-likeness (QED) is 0.371. The third-order valence-electron chi connectivity index (χ3n) is 7.20. The monoisotopic (exact) mass is 542 g/mol. The molecule has 1 fully saturated rings. The maximum atomic E-state index is 13.0. The molecule has 4 aromatic rings. The topological polar surface area (TPSA) is 141 Å². The van der Waals surface area contributed by atoms with E-state index in [1.165, 1.54) is 35.0 Å². The zero-order chi connectivity index (χ0) is 27.9. The molecule has 0 radical (unpaired) electrons. The normalized spacial score (nSPS) is 18.1. The number of fused-ring (bicyclic) bond motifs is 1. The van der Waals surface area contributed by atoms with Crippen molar-refractivity contribution >= 4 is 26.6 Å². The fourth-order valence-electron chi connectivity index (χ4n) is 5.10. The molecule has 0 saturated carbocycles. The number of para-hydroxylation sites is 1. The minimum absolute atomic E-state index is 0.0100. The Morgan fingerprint density at radius 2 is 1.72 bits per heavy atom. The van der Waals surface area contributed by atoms with E-state index in [0.717, 1.165) is 15.0 Å². The fraction of sp³-hybridized carbons (Fsp3) is 0.296. The van der Waals surface area contributed by atoms with Gasteiger partial charge in [0, 0.05) is 44.2 Å². The molecule has 12 heteroatoms. The Kier molecular flexibility index (Phi) is 6.68. The number of hydrogen-bond acceptors (Lipinski definition) is 9. The van der Waals surface area contributed by atoms with Gasteiger partial charge in [0.05, 0.1) is 39.6 Å². The summed E-state index contributed by atoms with van der Waals surface area (Å²) < 4.78 is 28.3. The highest BCUT2D eigenvalue weighted by atomic mass is 32.2. The summed E-state index contributed by atoms with van der Waals surface area (Å²) in [6.45, 7) is 5.63. The highest BCUT2D eigenvalue weighted by Crippen LogP contribution is 2.32. The van der Waals surface area contributed by atoms with Crippen LogP contribution in [-0.2, 0) is 23.6 Å². The van der Waals surface area contributed by atoms with Crippen LogP contribution in [0.4, 0.5) is 5.69 Å². The molecule has 0 aliphatic carbocycles. The molecular formula is C27H26N8O3S. The van der Waals surface area contributed by atoms with Crippen LogP contribution < -0.4 is 10.5 Å². The molecule has 3 heterocycles. The lowest BCUT2D eigenvalue weighted by Gasteiger charge is -2.45. The first-order valence-electron chi connectivity index (χ1n) is 12.3. The van der Waals surface area contributed by atoms with Gasteiger partial charge in [0.25, 0.3) is 15.6 Å². The van der Waals surface area contributed by atoms with Crippen LogP contribution in [0.3, 0.4) is 0 Å². The molecule has 0 bridgehead atoms. The van der Waals surface area contributed by atoms with Crippen molar-refractivity contribution in [3.63, 3.8) is 0 Å². The first-order chi connectivity index (χ1) is 18.6. The van der Waals surface area contributed by atoms with Crippen molar-refractivity contribution in [1.82, 2.24) is 23.9 Å². The van der Waals surface area contributed by atoms with Crippen LogP contribution in [0.25, 0.3) is 10.9 Å². The van der Waals surface area contributed by atoms with Crippen molar-refractivity contribution in [2.45, 2.75) is 37.4 Å². The van der Waals surface area contributed by atoms with Gasteiger partial charge in [-0.15, -0.1) is 9.19 Å². The molecule has 0 N–H and O–H groups in total. The first-order valence-corrected chi connectivity index (χ1v) is 13.8. The molecule has 1 aliphatic heterocycles. The standard InChI is InChI=1S/C27H26N8O3S/c1-18-15-34(26-23-6-4-5-7-25(23)32(3)27(36)24(26)13-29)19(2)14-33(18)16-21-17-35(31-30-21)39(37,38)22-10-8-20(12-28)9-11-22/h4-11,17-19H,14-16H2,1-3H3/t18-,19-/m0/s1. The highest BCUT2D eigenvalue weighted by molar-refractivity contribution is 7.89. The number of hydrogen-bond donors (Lipinski definition) is 0. The van der Waals surface area contributed by atoms with Crippen molar-refractivity contribution in [1.29, 1.82) is 10.5 Å². The van der Waals surface area contributed by atoms with E-state index in [9.17, 15) is 18.5 Å². The molecule has 198 valence electrons. The van der Waals surface area contributed by atoms with Crippen LogP contribution in [0.2, 0.25) is 0 Å². The zero-order valence-corrected chi connectivity index (χ0v) is 22.5. The van der Waals surface area contributed by atoms with Gasteiger partial charge in [-0.3, -0.25) is 9.69 Å². The predicted molar refractivity (Wildman–Crippen MR) is 144 cm³/mol. The summed E-state index contributed by atoms with van der Waals surface area (Å²) in [5, 5.41) is 27.7. The molecule has 39 heavy (non-hydrogen) atoms. The van der Waals surface area contributed by atoms with Gasteiger partial charge in [-0.25, -0.2) is 0 Å². The van der Waals surface area contributed by atoms with Gasteiger partial charge in [0.15, 0.2) is 0 Å². The number of rotatable bonds is 5. The second kappa shape index (κ2) is 9.98. The second-order valence-corrected chi connectivity index (χ2v) is 11.5. The van der Waals surface area contributed by atoms with Gasteiger partial charge in [0.2, 0.25) is 0 Å². The predicted octanol–water partition coefficient (Wildman–Crippen LogP) is 2.21. The fourth-order valence-corrected chi connectivity index (χ4v) is 6.19. The van der Waals surface area contributed by atoms with Gasteiger partial charge in [-0.05, 0) is 44.2 Å². The zero-order valence-electron chi connectivity index (χ0n) is 21.7. The van der Waals surface area contributed by atoms with Crippen LogP contribution in [0, 0.1) is 22.7 Å². The van der Waals surface area contributed by atoms with Crippen molar-refractivity contribution in [2.24, 2.45) is 7.05 Å². The molecule has 11 nitrogen and oxygen atoms in total. The second-order valence-electron chi connectivity index (χ2n) is 9.72. The Balaban J connectivity index is 1.39. The number of aryl methyl sites for hydroxylation is 1. The van der Waals surface area contributed by atoms with E-state index >= 15 is 0 Å². The van der Waals surface area contributed by atoms with Crippen LogP contribution in [-0.4, -0.2) is 57.5 Å². The number of nitrogens with zero attached hydrogens (tertiary/aromatic N) is 8. The van der Waals surface area contributed by atoms with E-state index in [0.29, 0.717) is 36.6 Å². The summed E-state index contributed by atoms with van der Waals surface area (Å²) in [4.78, 5) is 17.3. The molecule has 0 spiro atoms. The van der Waals surface area contributed by atoms with E-state index in [4.69, 9.17) is 5.26 Å². The average Bonchev–Trinajstić information content (AvgIpc) is 3.42. The Hall–Kier alpha value is -4.52. The molecule has 5 rings (SSSR count). The third-order valence-corrected chi connectivity index (χ3v) is 8.74. The number of anilines is 1. The lowest BCUT2D eigenvalue weighted by molar-refractivity contribution is 0.156. The molecule has 0 amide bonds. The summed E-state index contributed by atoms with van der Waals surface area (Å²) in [6.07, 6.45) is 1.40. The van der Waals surface area contributed by atoms with E-state index in [2.05, 4.69) is 26.2 Å². The lowest BCUT2D eigenvalue weighted by Crippen LogP contribution is -2.56. The van der Waals surface area contributed by atoms with Gasteiger partial charge < -0.3 is 9.47 Å². The molecule has 1 saturated heterocycles. The maximum Gasteiger partial charge on any atom is 0.284 e. The molecule has 2 atom stereocenters. The number of nitriles is 2. The first kappa shape index (κ1) is 26.1. The SMILES string of the molecule is C[C@H]1CN(c2c(C#N)c(=O)n(C)c3ccccc23)[C@@H](C)CN1Cc1cn(S(=O)(=O)c2ccc(C#N)cc2)nn1. The van der Waals surface area contributed by atoms with Crippen LogP contribution in [0.5, 0.6) is 0 Å². The number of aromatic nitrogens is 4. The smallest absolute Gasteiger partial charge is 0.284 e. The summed E-state index contributed by atoms with van der Waals surface area (Å²) in [6, 6.07) is 17.3. The number of pyridine rings is 1. The average molecular weight is 543 g/mol. The minimum atomic E-state index is -3.94. The summed E-state index contributed by atoms with van der Waals surface area (Å²) >= 11 is 0. The largest absolute Gasteiger partial charge is 0.364 e. The molecular weight excluding hydrogens is 516 g/mol. The molecule has 0 unspecified atom stereocenters. The Bertz CT molecular complexity index is 1810. The van der Waals surface area contributed by atoms with Gasteiger partial charge in [-0.2, -0.15) is 18.9 Å².